The average Bonchev–Trinajstić information content (AvgIpc) is 2.99. The zero-order valence-electron chi connectivity index (χ0n) is 15.0. The number of hydrogen-bond acceptors (Lipinski definition) is 5. The zero-order chi connectivity index (χ0) is 18.0. The van der Waals surface area contributed by atoms with Crippen molar-refractivity contribution in [2.75, 3.05) is 12.3 Å². The van der Waals surface area contributed by atoms with Gasteiger partial charge in [-0.15, -0.1) is 0 Å². The van der Waals surface area contributed by atoms with Crippen LogP contribution in [0.5, 0.6) is 0 Å². The van der Waals surface area contributed by atoms with E-state index in [1.165, 1.54) is 12.0 Å². The Bertz CT molecular complexity index is 858. The first-order chi connectivity index (χ1) is 11.9. The van der Waals surface area contributed by atoms with Crippen LogP contribution in [0.15, 0.2) is 6.33 Å². The summed E-state index contributed by atoms with van der Waals surface area (Å²) in [5.41, 5.74) is 10.4. The lowest BCUT2D eigenvalue weighted by molar-refractivity contribution is 0.560. The molecule has 3 N–H and O–H groups in total. The molecular weight excluding hydrogens is 338 g/mol. The number of nitrogens with zero attached hydrogens (tertiary/aromatic N) is 3. The number of imidazole rings is 1. The van der Waals surface area contributed by atoms with Crippen LogP contribution >= 0.6 is 0 Å². The normalized spacial score (nSPS) is 15.0. The minimum absolute atomic E-state index is 0.396. The van der Waals surface area contributed by atoms with Gasteiger partial charge in [-0.1, -0.05) is 0 Å². The Morgan fingerprint density at radius 2 is 2.04 bits per heavy atom. The summed E-state index contributed by atoms with van der Waals surface area (Å²) in [5.74, 6) is 0.513. The molecule has 2 aromatic rings. The van der Waals surface area contributed by atoms with Gasteiger partial charge in [-0.05, 0) is 57.9 Å². The number of fused-ring (bicyclic) bond motifs is 3. The van der Waals surface area contributed by atoms with Crippen molar-refractivity contribution in [3.8, 4) is 0 Å². The highest BCUT2D eigenvalue weighted by Crippen LogP contribution is 2.30. The van der Waals surface area contributed by atoms with Crippen LogP contribution in [-0.2, 0) is 29.4 Å². The molecule has 2 heterocycles. The largest absolute Gasteiger partial charge is 0.382 e. The minimum atomic E-state index is -3.18. The molecular formula is C17H27N5O2S. The molecule has 0 aromatic carbocycles. The van der Waals surface area contributed by atoms with Crippen LogP contribution in [0.3, 0.4) is 0 Å². The fourth-order valence-electron chi connectivity index (χ4n) is 3.31. The van der Waals surface area contributed by atoms with Crippen molar-refractivity contribution >= 4 is 26.9 Å². The fraction of sp³-hybridized carbons (Fsp3) is 0.647. The average molecular weight is 366 g/mol. The summed E-state index contributed by atoms with van der Waals surface area (Å²) in [4.78, 5) is 8.99. The number of nitrogens with two attached hydrogens (primary N) is 1. The summed E-state index contributed by atoms with van der Waals surface area (Å²) in [7, 11) is -3.18. The van der Waals surface area contributed by atoms with Crippen LogP contribution in [0.4, 0.5) is 5.82 Å². The van der Waals surface area contributed by atoms with Gasteiger partial charge >= 0.3 is 0 Å². The second-order valence-corrected chi connectivity index (χ2v) is 9.28. The number of rotatable bonds is 7. The van der Waals surface area contributed by atoms with Crippen molar-refractivity contribution in [1.29, 1.82) is 0 Å². The molecule has 0 saturated heterocycles. The smallest absolute Gasteiger partial charge is 0.213 e. The van der Waals surface area contributed by atoms with E-state index < -0.39 is 15.3 Å². The Balaban J connectivity index is 1.68. The van der Waals surface area contributed by atoms with E-state index in [1.54, 1.807) is 13.8 Å². The molecule has 0 spiro atoms. The Labute approximate surface area is 149 Å². The van der Waals surface area contributed by atoms with Gasteiger partial charge in [0.1, 0.15) is 5.52 Å². The number of aromatic nitrogens is 3. The van der Waals surface area contributed by atoms with Crippen molar-refractivity contribution in [2.24, 2.45) is 0 Å². The molecule has 1 aliphatic carbocycles. The number of nitrogens with one attached hydrogen (secondary N) is 1. The molecule has 1 aliphatic rings. The molecule has 3 rings (SSSR count). The van der Waals surface area contributed by atoms with E-state index in [-0.39, 0.29) is 0 Å². The molecule has 8 heteroatoms. The molecule has 0 fully saturated rings. The van der Waals surface area contributed by atoms with E-state index in [0.29, 0.717) is 12.4 Å². The van der Waals surface area contributed by atoms with Gasteiger partial charge in [-0.25, -0.2) is 23.1 Å². The van der Waals surface area contributed by atoms with Crippen LogP contribution in [-0.4, -0.2) is 34.7 Å². The quantitative estimate of drug-likeness (QED) is 0.731. The van der Waals surface area contributed by atoms with Gasteiger partial charge in [-0.3, -0.25) is 0 Å². The molecule has 0 saturated carbocycles. The van der Waals surface area contributed by atoms with Crippen molar-refractivity contribution < 1.29 is 8.42 Å². The van der Waals surface area contributed by atoms with E-state index in [4.69, 9.17) is 5.73 Å². The summed E-state index contributed by atoms with van der Waals surface area (Å²) < 4.78 is 28.3. The van der Waals surface area contributed by atoms with Gasteiger partial charge in [0.15, 0.2) is 5.82 Å². The van der Waals surface area contributed by atoms with Gasteiger partial charge < -0.3 is 10.3 Å². The second-order valence-electron chi connectivity index (χ2n) is 6.96. The molecule has 0 bridgehead atoms. The first-order valence-electron chi connectivity index (χ1n) is 9.00. The molecule has 0 unspecified atom stereocenters. The van der Waals surface area contributed by atoms with E-state index in [1.807, 2.05) is 6.33 Å². The van der Waals surface area contributed by atoms with Crippen LogP contribution in [0, 0.1) is 0 Å². The maximum absolute atomic E-state index is 11.7. The minimum Gasteiger partial charge on any atom is -0.382 e. The van der Waals surface area contributed by atoms with Crippen molar-refractivity contribution in [2.45, 2.75) is 64.2 Å². The van der Waals surface area contributed by atoms with Gasteiger partial charge in [0.05, 0.1) is 17.1 Å². The molecule has 25 heavy (non-hydrogen) atoms. The molecule has 0 radical (unpaired) electrons. The molecule has 7 nitrogen and oxygen atoms in total. The molecule has 138 valence electrons. The maximum Gasteiger partial charge on any atom is 0.213 e. The number of unbranched alkanes of at least 4 members (excludes halogenated alkanes) is 1. The van der Waals surface area contributed by atoms with Crippen LogP contribution in [0.25, 0.3) is 11.0 Å². The first kappa shape index (κ1) is 18.1. The number of nitrogen functional groups attached to an aromatic ring is 1. The van der Waals surface area contributed by atoms with E-state index in [2.05, 4.69) is 19.3 Å². The van der Waals surface area contributed by atoms with E-state index >= 15 is 0 Å². The Kier molecular flexibility index (Phi) is 5.29. The standard InChI is InChI=1S/C17H27N5O2S/c1-12(2)25(23,24)20-9-5-6-10-22-11-19-15-16(22)13-7-3-4-8-14(13)21-17(15)18/h11-12,20H,3-10H2,1-2H3,(H2,18,21). The van der Waals surface area contributed by atoms with E-state index in [0.717, 1.165) is 55.4 Å². The highest BCUT2D eigenvalue weighted by molar-refractivity contribution is 7.90. The first-order valence-corrected chi connectivity index (χ1v) is 10.6. The number of sulfonamides is 1. The predicted octanol–water partition coefficient (Wildman–Crippen LogP) is 2.00. The Morgan fingerprint density at radius 1 is 1.28 bits per heavy atom. The Morgan fingerprint density at radius 3 is 2.80 bits per heavy atom. The Hall–Kier alpha value is -1.67. The third-order valence-corrected chi connectivity index (χ3v) is 6.66. The van der Waals surface area contributed by atoms with Gasteiger partial charge in [0.25, 0.3) is 0 Å². The molecule has 0 amide bonds. The maximum atomic E-state index is 11.7. The molecule has 0 aliphatic heterocycles. The van der Waals surface area contributed by atoms with Gasteiger partial charge in [0.2, 0.25) is 10.0 Å². The number of hydrogen-bond donors (Lipinski definition) is 2. The monoisotopic (exact) mass is 365 g/mol. The lowest BCUT2D eigenvalue weighted by Gasteiger charge is -2.18. The number of anilines is 1. The van der Waals surface area contributed by atoms with Crippen molar-refractivity contribution in [1.82, 2.24) is 19.3 Å². The zero-order valence-corrected chi connectivity index (χ0v) is 15.8. The van der Waals surface area contributed by atoms with Crippen LogP contribution in [0.2, 0.25) is 0 Å². The second kappa shape index (κ2) is 7.29. The summed E-state index contributed by atoms with van der Waals surface area (Å²) >= 11 is 0. The van der Waals surface area contributed by atoms with Crippen LogP contribution < -0.4 is 10.5 Å². The van der Waals surface area contributed by atoms with Crippen molar-refractivity contribution in [3.05, 3.63) is 17.6 Å². The molecule has 2 aromatic heterocycles. The lowest BCUT2D eigenvalue weighted by Crippen LogP contribution is -2.31. The summed E-state index contributed by atoms with van der Waals surface area (Å²) in [6.07, 6.45) is 7.84. The highest BCUT2D eigenvalue weighted by atomic mass is 32.2. The summed E-state index contributed by atoms with van der Waals surface area (Å²) in [5, 5.41) is -0.396. The van der Waals surface area contributed by atoms with Crippen molar-refractivity contribution in [3.63, 3.8) is 0 Å². The summed E-state index contributed by atoms with van der Waals surface area (Å²) in [6, 6.07) is 0. The third-order valence-electron chi connectivity index (χ3n) is 4.81. The predicted molar refractivity (Wildman–Crippen MR) is 99.9 cm³/mol. The SMILES string of the molecule is CC(C)S(=O)(=O)NCCCCn1cnc2c(N)nc3c(c21)CCCC3. The highest BCUT2D eigenvalue weighted by Gasteiger charge is 2.20. The fourth-order valence-corrected chi connectivity index (χ4v) is 4.07. The van der Waals surface area contributed by atoms with Gasteiger partial charge in [0, 0.05) is 18.8 Å². The number of aryl methyl sites for hydroxylation is 3. The summed E-state index contributed by atoms with van der Waals surface area (Å²) in [6.45, 7) is 4.63. The molecule has 0 atom stereocenters. The van der Waals surface area contributed by atoms with E-state index in [9.17, 15) is 8.42 Å². The lowest BCUT2D eigenvalue weighted by atomic mass is 9.95. The number of pyridine rings is 1. The third kappa shape index (κ3) is 3.79. The van der Waals surface area contributed by atoms with Crippen LogP contribution in [0.1, 0.15) is 50.8 Å². The van der Waals surface area contributed by atoms with Gasteiger partial charge in [-0.2, -0.15) is 0 Å². The topological polar surface area (TPSA) is 103 Å².